The zero-order valence-corrected chi connectivity index (χ0v) is 15.1. The van der Waals surface area contributed by atoms with Gasteiger partial charge in [0.05, 0.1) is 25.3 Å². The molecule has 0 aliphatic rings. The van der Waals surface area contributed by atoms with Gasteiger partial charge in [0.25, 0.3) is 5.89 Å². The van der Waals surface area contributed by atoms with E-state index in [2.05, 4.69) is 10.1 Å². The molecule has 0 saturated heterocycles. The summed E-state index contributed by atoms with van der Waals surface area (Å²) in [4.78, 5) is 16.1. The van der Waals surface area contributed by atoms with Crippen LogP contribution in [0.1, 0.15) is 16.2 Å². The Morgan fingerprint density at radius 1 is 1.19 bits per heavy atom. The van der Waals surface area contributed by atoms with E-state index < -0.39 is 11.8 Å². The Balaban J connectivity index is 1.72. The molecule has 3 aromatic rings. The maximum absolute atomic E-state index is 13.7. The quantitative estimate of drug-likeness (QED) is 0.588. The molecule has 0 saturated carbocycles. The van der Waals surface area contributed by atoms with E-state index in [-0.39, 0.29) is 28.9 Å². The number of hydrogen-bond donors (Lipinski definition) is 0. The third-order valence-corrected chi connectivity index (χ3v) is 3.83. The van der Waals surface area contributed by atoms with E-state index in [1.165, 1.54) is 19.2 Å². The van der Waals surface area contributed by atoms with Crippen LogP contribution in [0.5, 0.6) is 11.5 Å². The number of aromatic nitrogens is 2. The second-order valence-corrected chi connectivity index (χ2v) is 5.71. The summed E-state index contributed by atoms with van der Waals surface area (Å²) >= 11 is 5.66. The molecule has 0 aliphatic heterocycles. The first-order valence-corrected chi connectivity index (χ1v) is 8.06. The van der Waals surface area contributed by atoms with Gasteiger partial charge in [0.1, 0.15) is 17.3 Å². The van der Waals surface area contributed by atoms with Crippen LogP contribution in [0.4, 0.5) is 4.39 Å². The van der Waals surface area contributed by atoms with E-state index in [1.54, 1.807) is 25.3 Å². The molecule has 0 aliphatic carbocycles. The molecule has 0 bridgehead atoms. The number of esters is 1. The van der Waals surface area contributed by atoms with Crippen molar-refractivity contribution in [2.75, 3.05) is 14.2 Å². The van der Waals surface area contributed by atoms with Gasteiger partial charge in [-0.1, -0.05) is 16.8 Å². The van der Waals surface area contributed by atoms with Gasteiger partial charge in [0, 0.05) is 11.1 Å². The monoisotopic (exact) mass is 392 g/mol. The number of halogens is 2. The van der Waals surface area contributed by atoms with Crippen LogP contribution in [0.2, 0.25) is 5.02 Å². The van der Waals surface area contributed by atoms with Crippen molar-refractivity contribution in [3.8, 4) is 22.9 Å². The van der Waals surface area contributed by atoms with Gasteiger partial charge in [-0.2, -0.15) is 4.98 Å². The minimum absolute atomic E-state index is 0.0468. The summed E-state index contributed by atoms with van der Waals surface area (Å²) < 4.78 is 34.2. The molecule has 1 heterocycles. The van der Waals surface area contributed by atoms with Crippen molar-refractivity contribution >= 4 is 17.6 Å². The fraction of sp³-hybridized carbons (Fsp3) is 0.167. The van der Waals surface area contributed by atoms with Gasteiger partial charge >= 0.3 is 5.97 Å². The molecule has 3 rings (SSSR count). The van der Waals surface area contributed by atoms with Gasteiger partial charge in [0.15, 0.2) is 6.61 Å². The molecule has 2 aromatic carbocycles. The topological polar surface area (TPSA) is 83.7 Å². The molecule has 0 radical (unpaired) electrons. The lowest BCUT2D eigenvalue weighted by atomic mass is 10.2. The number of ether oxygens (including phenoxy) is 3. The largest absolute Gasteiger partial charge is 0.497 e. The van der Waals surface area contributed by atoms with Crippen molar-refractivity contribution in [1.82, 2.24) is 10.1 Å². The van der Waals surface area contributed by atoms with Crippen LogP contribution in [0.25, 0.3) is 11.4 Å². The van der Waals surface area contributed by atoms with E-state index in [0.29, 0.717) is 17.1 Å². The fourth-order valence-electron chi connectivity index (χ4n) is 2.27. The lowest BCUT2D eigenvalue weighted by Gasteiger charge is -2.07. The highest BCUT2D eigenvalue weighted by molar-refractivity contribution is 6.30. The number of carbonyl (C=O) groups excluding carboxylic acids is 1. The normalized spacial score (nSPS) is 10.5. The molecule has 0 atom stereocenters. The Labute approximate surface area is 158 Å². The first-order chi connectivity index (χ1) is 13.0. The average molecular weight is 393 g/mol. The van der Waals surface area contributed by atoms with Crippen molar-refractivity contribution in [1.29, 1.82) is 0 Å². The number of benzene rings is 2. The minimum Gasteiger partial charge on any atom is -0.497 e. The molecule has 0 spiro atoms. The highest BCUT2D eigenvalue weighted by Crippen LogP contribution is 2.31. The number of hydrogen-bond acceptors (Lipinski definition) is 7. The summed E-state index contributed by atoms with van der Waals surface area (Å²) in [6.07, 6.45) is 0. The lowest BCUT2D eigenvalue weighted by Crippen LogP contribution is -2.07. The molecule has 27 heavy (non-hydrogen) atoms. The van der Waals surface area contributed by atoms with E-state index in [9.17, 15) is 9.18 Å². The van der Waals surface area contributed by atoms with Crippen molar-refractivity contribution in [2.45, 2.75) is 6.61 Å². The Hall–Kier alpha value is -3.13. The predicted molar refractivity (Wildman–Crippen MR) is 93.4 cm³/mol. The van der Waals surface area contributed by atoms with Crippen LogP contribution in [0.3, 0.4) is 0 Å². The summed E-state index contributed by atoms with van der Waals surface area (Å²) in [5.41, 5.74) is 0.333. The summed E-state index contributed by atoms with van der Waals surface area (Å²) in [6.45, 7) is -0.313. The van der Waals surface area contributed by atoms with Gasteiger partial charge in [-0.3, -0.25) is 0 Å². The number of carbonyl (C=O) groups is 1. The van der Waals surface area contributed by atoms with Gasteiger partial charge in [0.2, 0.25) is 5.82 Å². The highest BCUT2D eigenvalue weighted by atomic mass is 35.5. The SMILES string of the molecule is COc1ccc(-c2noc(COC(=O)c3ccc(Cl)cc3F)n2)c(OC)c1. The summed E-state index contributed by atoms with van der Waals surface area (Å²) in [5.74, 6) is -0.253. The van der Waals surface area contributed by atoms with Crippen molar-refractivity contribution in [3.05, 3.63) is 58.7 Å². The first-order valence-electron chi connectivity index (χ1n) is 7.69. The third kappa shape index (κ3) is 4.17. The maximum Gasteiger partial charge on any atom is 0.341 e. The Morgan fingerprint density at radius 3 is 2.70 bits per heavy atom. The second-order valence-electron chi connectivity index (χ2n) is 5.28. The lowest BCUT2D eigenvalue weighted by molar-refractivity contribution is 0.0424. The molecule has 0 amide bonds. The summed E-state index contributed by atoms with van der Waals surface area (Å²) in [7, 11) is 3.04. The van der Waals surface area contributed by atoms with E-state index in [1.807, 2.05) is 0 Å². The second kappa shape index (κ2) is 8.05. The molecular weight excluding hydrogens is 379 g/mol. The molecule has 7 nitrogen and oxygen atoms in total. The molecule has 0 N–H and O–H groups in total. The molecule has 0 fully saturated rings. The van der Waals surface area contributed by atoms with Crippen LogP contribution in [-0.4, -0.2) is 30.3 Å². The Kier molecular flexibility index (Phi) is 5.56. The fourth-order valence-corrected chi connectivity index (χ4v) is 2.42. The van der Waals surface area contributed by atoms with Gasteiger partial charge in [-0.05, 0) is 30.3 Å². The average Bonchev–Trinajstić information content (AvgIpc) is 3.14. The van der Waals surface area contributed by atoms with Crippen LogP contribution in [-0.2, 0) is 11.3 Å². The summed E-state index contributed by atoms with van der Waals surface area (Å²) in [6, 6.07) is 8.76. The van der Waals surface area contributed by atoms with Gasteiger partial charge in [-0.25, -0.2) is 9.18 Å². The molecule has 140 valence electrons. The highest BCUT2D eigenvalue weighted by Gasteiger charge is 2.17. The van der Waals surface area contributed by atoms with Crippen molar-refractivity contribution < 1.29 is 27.9 Å². The van der Waals surface area contributed by atoms with Crippen LogP contribution < -0.4 is 9.47 Å². The van der Waals surface area contributed by atoms with Crippen LogP contribution in [0.15, 0.2) is 40.9 Å². The maximum atomic E-state index is 13.7. The van der Waals surface area contributed by atoms with E-state index in [0.717, 1.165) is 6.07 Å². The Bertz CT molecular complexity index is 976. The zero-order chi connectivity index (χ0) is 19.4. The van der Waals surface area contributed by atoms with Crippen molar-refractivity contribution in [2.24, 2.45) is 0 Å². The number of nitrogens with zero attached hydrogens (tertiary/aromatic N) is 2. The molecule has 0 unspecified atom stereocenters. The summed E-state index contributed by atoms with van der Waals surface area (Å²) in [5, 5.41) is 4.02. The standard InChI is InChI=1S/C18H14ClFN2O5/c1-24-11-4-6-13(15(8-11)25-2)17-21-16(27-22-17)9-26-18(23)12-5-3-10(19)7-14(12)20/h3-8H,9H2,1-2H3. The smallest absolute Gasteiger partial charge is 0.341 e. The molecule has 1 aromatic heterocycles. The molecular formula is C18H14ClFN2O5. The van der Waals surface area contributed by atoms with Crippen LogP contribution in [0, 0.1) is 5.82 Å². The third-order valence-electron chi connectivity index (χ3n) is 3.60. The minimum atomic E-state index is -0.869. The number of rotatable bonds is 6. The Morgan fingerprint density at radius 2 is 2.00 bits per heavy atom. The van der Waals surface area contributed by atoms with E-state index >= 15 is 0 Å². The predicted octanol–water partition coefficient (Wildman–Crippen LogP) is 3.90. The van der Waals surface area contributed by atoms with Crippen molar-refractivity contribution in [3.63, 3.8) is 0 Å². The first kappa shape index (κ1) is 18.7. The zero-order valence-electron chi connectivity index (χ0n) is 14.4. The van der Waals surface area contributed by atoms with Gasteiger partial charge in [-0.15, -0.1) is 0 Å². The van der Waals surface area contributed by atoms with E-state index in [4.69, 9.17) is 30.3 Å². The van der Waals surface area contributed by atoms with Crippen LogP contribution >= 0.6 is 11.6 Å². The molecule has 9 heteroatoms. The number of methoxy groups -OCH3 is 2. The van der Waals surface area contributed by atoms with Gasteiger partial charge < -0.3 is 18.7 Å².